The minimum absolute atomic E-state index is 0.123. The Morgan fingerprint density at radius 1 is 1.07 bits per heavy atom. The van der Waals surface area contributed by atoms with Gasteiger partial charge in [0.1, 0.15) is 23.3 Å². The van der Waals surface area contributed by atoms with E-state index in [0.717, 1.165) is 49.0 Å². The summed E-state index contributed by atoms with van der Waals surface area (Å²) in [7, 11) is 0. The monoisotopic (exact) mass is 388 g/mol. The van der Waals surface area contributed by atoms with Gasteiger partial charge in [-0.2, -0.15) is 0 Å². The molecule has 1 saturated heterocycles. The fourth-order valence-electron chi connectivity index (χ4n) is 3.82. The highest BCUT2D eigenvalue weighted by atomic mass is 19.1. The van der Waals surface area contributed by atoms with Crippen molar-refractivity contribution in [1.29, 1.82) is 0 Å². The molecule has 1 aromatic carbocycles. The lowest BCUT2D eigenvalue weighted by Gasteiger charge is -2.34. The van der Waals surface area contributed by atoms with Crippen LogP contribution in [0.3, 0.4) is 0 Å². The molecule has 28 heavy (non-hydrogen) atoms. The Morgan fingerprint density at radius 2 is 1.79 bits per heavy atom. The largest absolute Gasteiger partial charge is 0.378 e. The van der Waals surface area contributed by atoms with Crippen molar-refractivity contribution in [3.8, 4) is 0 Å². The second-order valence-electron chi connectivity index (χ2n) is 7.75. The summed E-state index contributed by atoms with van der Waals surface area (Å²) in [5, 5.41) is 0. The standard InChI is InChI=1S/C21H26F2N4O/c1-14(2)20-24-19-13-26(12-16-17(22)4-3-5-18(16)23)7-6-15(19)21(25-20)27-8-10-28-11-9-27/h3-5,14H,6-13H2,1-2H3. The van der Waals surface area contributed by atoms with E-state index in [9.17, 15) is 8.78 Å². The van der Waals surface area contributed by atoms with Gasteiger partial charge in [-0.15, -0.1) is 0 Å². The molecular formula is C21H26F2N4O. The fraction of sp³-hybridized carbons (Fsp3) is 0.524. The third-order valence-corrected chi connectivity index (χ3v) is 5.41. The van der Waals surface area contributed by atoms with Crippen molar-refractivity contribution >= 4 is 5.82 Å². The van der Waals surface area contributed by atoms with Gasteiger partial charge >= 0.3 is 0 Å². The maximum Gasteiger partial charge on any atom is 0.136 e. The van der Waals surface area contributed by atoms with E-state index in [1.54, 1.807) is 0 Å². The number of anilines is 1. The van der Waals surface area contributed by atoms with Crippen molar-refractivity contribution in [2.75, 3.05) is 37.7 Å². The average molecular weight is 388 g/mol. The molecule has 2 aliphatic rings. The van der Waals surface area contributed by atoms with Crippen molar-refractivity contribution in [3.05, 3.63) is 52.5 Å². The van der Waals surface area contributed by atoms with Crippen LogP contribution < -0.4 is 4.90 Å². The topological polar surface area (TPSA) is 41.5 Å². The molecule has 0 saturated carbocycles. The van der Waals surface area contributed by atoms with E-state index < -0.39 is 11.6 Å². The number of ether oxygens (including phenoxy) is 1. The quantitative estimate of drug-likeness (QED) is 0.804. The summed E-state index contributed by atoms with van der Waals surface area (Å²) < 4.78 is 33.6. The fourth-order valence-corrected chi connectivity index (χ4v) is 3.82. The number of rotatable bonds is 4. The van der Waals surface area contributed by atoms with Gasteiger partial charge in [0.2, 0.25) is 0 Å². The molecular weight excluding hydrogens is 362 g/mol. The SMILES string of the molecule is CC(C)c1nc2c(c(N3CCOCC3)n1)CCN(Cc1c(F)cccc1F)C2. The number of aromatic nitrogens is 2. The Kier molecular flexibility index (Phi) is 5.55. The second-order valence-corrected chi connectivity index (χ2v) is 7.75. The summed E-state index contributed by atoms with van der Waals surface area (Å²) in [4.78, 5) is 14.0. The Morgan fingerprint density at radius 3 is 2.46 bits per heavy atom. The summed E-state index contributed by atoms with van der Waals surface area (Å²) in [6, 6.07) is 4.02. The zero-order chi connectivity index (χ0) is 19.7. The lowest BCUT2D eigenvalue weighted by atomic mass is 10.0. The number of morpholine rings is 1. The van der Waals surface area contributed by atoms with Crippen LogP contribution in [0.25, 0.3) is 0 Å². The Bertz CT molecular complexity index is 832. The smallest absolute Gasteiger partial charge is 0.136 e. The highest BCUT2D eigenvalue weighted by Gasteiger charge is 2.27. The molecule has 2 aromatic rings. The number of nitrogens with zero attached hydrogens (tertiary/aromatic N) is 4. The maximum atomic E-state index is 14.1. The van der Waals surface area contributed by atoms with Crippen molar-refractivity contribution in [1.82, 2.24) is 14.9 Å². The Labute approximate surface area is 164 Å². The lowest BCUT2D eigenvalue weighted by Crippen LogP contribution is -2.39. The molecule has 2 aliphatic heterocycles. The van der Waals surface area contributed by atoms with Crippen LogP contribution >= 0.6 is 0 Å². The highest BCUT2D eigenvalue weighted by Crippen LogP contribution is 2.30. The Hall–Kier alpha value is -2.12. The summed E-state index contributed by atoms with van der Waals surface area (Å²) in [5.74, 6) is 1.05. The van der Waals surface area contributed by atoms with Gasteiger partial charge in [-0.25, -0.2) is 18.7 Å². The van der Waals surface area contributed by atoms with Gasteiger partial charge in [-0.3, -0.25) is 4.90 Å². The predicted molar refractivity (Wildman–Crippen MR) is 103 cm³/mol. The van der Waals surface area contributed by atoms with Crippen LogP contribution in [0.2, 0.25) is 0 Å². The summed E-state index contributed by atoms with van der Waals surface area (Å²) in [6.45, 7) is 8.76. The third kappa shape index (κ3) is 3.86. The number of fused-ring (bicyclic) bond motifs is 1. The van der Waals surface area contributed by atoms with E-state index in [2.05, 4.69) is 23.6 Å². The molecule has 3 heterocycles. The first-order chi connectivity index (χ1) is 13.5. The van der Waals surface area contributed by atoms with Crippen molar-refractivity contribution in [2.24, 2.45) is 0 Å². The lowest BCUT2D eigenvalue weighted by molar-refractivity contribution is 0.122. The third-order valence-electron chi connectivity index (χ3n) is 5.41. The second kappa shape index (κ2) is 8.09. The zero-order valence-electron chi connectivity index (χ0n) is 16.4. The van der Waals surface area contributed by atoms with Crippen LogP contribution in [-0.2, 0) is 24.2 Å². The van der Waals surface area contributed by atoms with Gasteiger partial charge < -0.3 is 9.64 Å². The van der Waals surface area contributed by atoms with Crippen molar-refractivity contribution in [3.63, 3.8) is 0 Å². The van der Waals surface area contributed by atoms with Crippen LogP contribution in [0.15, 0.2) is 18.2 Å². The molecule has 0 N–H and O–H groups in total. The van der Waals surface area contributed by atoms with Crippen LogP contribution in [-0.4, -0.2) is 47.7 Å². The number of halogens is 2. The molecule has 0 atom stereocenters. The molecule has 7 heteroatoms. The molecule has 0 radical (unpaired) electrons. The first-order valence-corrected chi connectivity index (χ1v) is 9.90. The van der Waals surface area contributed by atoms with E-state index in [4.69, 9.17) is 14.7 Å². The molecule has 0 unspecified atom stereocenters. The van der Waals surface area contributed by atoms with Crippen LogP contribution in [0.1, 0.15) is 42.4 Å². The minimum Gasteiger partial charge on any atom is -0.378 e. The summed E-state index contributed by atoms with van der Waals surface area (Å²) in [6.07, 6.45) is 0.774. The van der Waals surface area contributed by atoms with E-state index >= 15 is 0 Å². The van der Waals surface area contributed by atoms with E-state index in [0.29, 0.717) is 19.8 Å². The van der Waals surface area contributed by atoms with Gasteiger partial charge in [0.05, 0.1) is 18.9 Å². The summed E-state index contributed by atoms with van der Waals surface area (Å²) in [5.41, 5.74) is 2.26. The Balaban J connectivity index is 1.63. The average Bonchev–Trinajstić information content (AvgIpc) is 2.70. The van der Waals surface area contributed by atoms with Crippen LogP contribution in [0, 0.1) is 11.6 Å². The molecule has 1 aromatic heterocycles. The normalized spacial score (nSPS) is 17.8. The summed E-state index contributed by atoms with van der Waals surface area (Å²) >= 11 is 0. The van der Waals surface area contributed by atoms with Gasteiger partial charge in [0.25, 0.3) is 0 Å². The minimum atomic E-state index is -0.495. The number of hydrogen-bond acceptors (Lipinski definition) is 5. The van der Waals surface area contributed by atoms with Gasteiger partial charge in [0, 0.05) is 49.8 Å². The molecule has 5 nitrogen and oxygen atoms in total. The molecule has 0 bridgehead atoms. The number of benzene rings is 1. The van der Waals surface area contributed by atoms with E-state index in [1.807, 2.05) is 0 Å². The van der Waals surface area contributed by atoms with Crippen LogP contribution in [0.4, 0.5) is 14.6 Å². The molecule has 0 spiro atoms. The maximum absolute atomic E-state index is 14.1. The predicted octanol–water partition coefficient (Wildman–Crippen LogP) is 3.27. The van der Waals surface area contributed by atoms with E-state index in [1.165, 1.54) is 18.2 Å². The van der Waals surface area contributed by atoms with E-state index in [-0.39, 0.29) is 18.0 Å². The molecule has 150 valence electrons. The molecule has 4 rings (SSSR count). The van der Waals surface area contributed by atoms with Crippen molar-refractivity contribution in [2.45, 2.75) is 39.3 Å². The zero-order valence-corrected chi connectivity index (χ0v) is 16.4. The molecule has 1 fully saturated rings. The van der Waals surface area contributed by atoms with Gasteiger partial charge in [-0.05, 0) is 18.6 Å². The molecule has 0 aliphatic carbocycles. The van der Waals surface area contributed by atoms with Crippen molar-refractivity contribution < 1.29 is 13.5 Å². The van der Waals surface area contributed by atoms with Crippen LogP contribution in [0.5, 0.6) is 0 Å². The molecule has 0 amide bonds. The van der Waals surface area contributed by atoms with Gasteiger partial charge in [0.15, 0.2) is 0 Å². The number of hydrogen-bond donors (Lipinski definition) is 0. The van der Waals surface area contributed by atoms with Gasteiger partial charge in [-0.1, -0.05) is 19.9 Å². The highest BCUT2D eigenvalue weighted by molar-refractivity contribution is 5.51. The first-order valence-electron chi connectivity index (χ1n) is 9.90. The first kappa shape index (κ1) is 19.2.